The van der Waals surface area contributed by atoms with Crippen molar-refractivity contribution >= 4 is 17.3 Å². The molecule has 0 radical (unpaired) electrons. The predicted octanol–water partition coefficient (Wildman–Crippen LogP) is 5.05. The van der Waals surface area contributed by atoms with Gasteiger partial charge in [-0.3, -0.25) is 0 Å². The lowest BCUT2D eigenvalue weighted by molar-refractivity contribution is 0.265. The second-order valence-electron chi connectivity index (χ2n) is 7.30. The monoisotopic (exact) mass is 342 g/mol. The Bertz CT molecular complexity index is 534. The molecule has 0 spiro atoms. The number of hydrogen-bond acceptors (Lipinski definition) is 1. The average molecular weight is 343 g/mol. The van der Waals surface area contributed by atoms with E-state index in [0.29, 0.717) is 6.04 Å². The lowest BCUT2D eigenvalue weighted by Gasteiger charge is -2.34. The summed E-state index contributed by atoms with van der Waals surface area (Å²) in [5.74, 6) is 0.800. The maximum atomic E-state index is 5.81. The quantitative estimate of drug-likeness (QED) is 0.595. The molecule has 0 unspecified atom stereocenters. The van der Waals surface area contributed by atoms with Crippen LogP contribution in [0.2, 0.25) is 0 Å². The van der Waals surface area contributed by atoms with Crippen LogP contribution in [-0.2, 0) is 6.54 Å². The van der Waals surface area contributed by atoms with Gasteiger partial charge in [-0.25, -0.2) is 0 Å². The van der Waals surface area contributed by atoms with Gasteiger partial charge in [0.25, 0.3) is 0 Å². The van der Waals surface area contributed by atoms with Gasteiger partial charge >= 0.3 is 0 Å². The summed E-state index contributed by atoms with van der Waals surface area (Å²) >= 11 is 5.81. The maximum absolute atomic E-state index is 5.81. The van der Waals surface area contributed by atoms with Gasteiger partial charge in [-0.15, -0.1) is 0 Å². The molecule has 2 nitrogen and oxygen atoms in total. The Labute approximate surface area is 152 Å². The third-order valence-corrected chi connectivity index (χ3v) is 5.68. The average Bonchev–Trinajstić information content (AvgIpc) is 2.64. The van der Waals surface area contributed by atoms with E-state index < -0.39 is 0 Å². The first kappa shape index (κ1) is 17.5. The van der Waals surface area contributed by atoms with Crippen LogP contribution in [0.15, 0.2) is 42.5 Å². The molecule has 1 aromatic rings. The summed E-state index contributed by atoms with van der Waals surface area (Å²) in [4.78, 5) is 2.42. The molecule has 1 saturated carbocycles. The normalized spacial score (nSPS) is 21.4. The van der Waals surface area contributed by atoms with Gasteiger partial charge in [-0.1, -0.05) is 61.7 Å². The zero-order valence-corrected chi connectivity index (χ0v) is 15.4. The highest BCUT2D eigenvalue weighted by Gasteiger charge is 2.21. The van der Waals surface area contributed by atoms with E-state index in [1.54, 1.807) is 0 Å². The van der Waals surface area contributed by atoms with Crippen LogP contribution in [0.3, 0.4) is 0 Å². The van der Waals surface area contributed by atoms with Crippen molar-refractivity contribution in [3.05, 3.63) is 48.0 Å². The number of thiocarbonyl (C=S) groups is 1. The SMILES string of the molecule is S=C(N[C@H]1CC=CCC1)N(Cc1ccccc1)CC1CCCCC1. The van der Waals surface area contributed by atoms with Crippen molar-refractivity contribution in [1.82, 2.24) is 10.2 Å². The standard InChI is InChI=1S/C21H30N2S/c24-21(22-20-14-8-3-9-15-20)23(16-18-10-4-1-5-11-18)17-19-12-6-2-7-13-19/h1,3-5,8,10-11,19-20H,2,6-7,9,12-17H2,(H,22,24)/t20-/m0/s1. The first-order chi connectivity index (χ1) is 11.8. The second kappa shape index (κ2) is 9.22. The van der Waals surface area contributed by atoms with E-state index in [9.17, 15) is 0 Å². The summed E-state index contributed by atoms with van der Waals surface area (Å²) in [6.45, 7) is 2.02. The Hall–Kier alpha value is -1.35. The minimum atomic E-state index is 0.507. The Balaban J connectivity index is 1.63. The molecule has 130 valence electrons. The predicted molar refractivity (Wildman–Crippen MR) is 106 cm³/mol. The van der Waals surface area contributed by atoms with Gasteiger partial charge < -0.3 is 10.2 Å². The highest BCUT2D eigenvalue weighted by molar-refractivity contribution is 7.80. The van der Waals surface area contributed by atoms with Crippen LogP contribution in [-0.4, -0.2) is 22.6 Å². The molecular formula is C21H30N2S. The largest absolute Gasteiger partial charge is 0.360 e. The van der Waals surface area contributed by atoms with Crippen LogP contribution in [0.1, 0.15) is 56.9 Å². The van der Waals surface area contributed by atoms with Crippen LogP contribution >= 0.6 is 12.2 Å². The van der Waals surface area contributed by atoms with Gasteiger partial charge in [-0.05, 0) is 55.8 Å². The highest BCUT2D eigenvalue weighted by atomic mass is 32.1. The Kier molecular flexibility index (Phi) is 6.71. The second-order valence-corrected chi connectivity index (χ2v) is 7.69. The summed E-state index contributed by atoms with van der Waals surface area (Å²) in [7, 11) is 0. The van der Waals surface area contributed by atoms with Crippen LogP contribution < -0.4 is 5.32 Å². The van der Waals surface area contributed by atoms with E-state index >= 15 is 0 Å². The fourth-order valence-corrected chi connectivity index (χ4v) is 4.20. The minimum absolute atomic E-state index is 0.507. The van der Waals surface area contributed by atoms with Gasteiger partial charge in [0.1, 0.15) is 0 Å². The maximum Gasteiger partial charge on any atom is 0.169 e. The highest BCUT2D eigenvalue weighted by Crippen LogP contribution is 2.25. The van der Waals surface area contributed by atoms with Gasteiger partial charge in [0.15, 0.2) is 5.11 Å². The molecule has 1 aromatic carbocycles. The molecule has 2 aliphatic carbocycles. The molecule has 0 saturated heterocycles. The molecule has 1 N–H and O–H groups in total. The van der Waals surface area contributed by atoms with E-state index in [0.717, 1.165) is 30.5 Å². The van der Waals surface area contributed by atoms with Crippen LogP contribution in [0, 0.1) is 5.92 Å². The minimum Gasteiger partial charge on any atom is -0.360 e. The van der Waals surface area contributed by atoms with Gasteiger partial charge in [0, 0.05) is 19.1 Å². The number of rotatable bonds is 5. The Morgan fingerprint density at radius 2 is 1.83 bits per heavy atom. The first-order valence-electron chi connectivity index (χ1n) is 9.55. The van der Waals surface area contributed by atoms with Crippen molar-refractivity contribution < 1.29 is 0 Å². The molecule has 2 aliphatic rings. The van der Waals surface area contributed by atoms with Crippen molar-refractivity contribution in [2.45, 2.75) is 64.0 Å². The summed E-state index contributed by atoms with van der Waals surface area (Å²) in [6, 6.07) is 11.2. The van der Waals surface area contributed by atoms with Crippen LogP contribution in [0.25, 0.3) is 0 Å². The summed E-state index contributed by atoms with van der Waals surface area (Å²) in [5, 5.41) is 4.58. The number of benzene rings is 1. The van der Waals surface area contributed by atoms with Crippen molar-refractivity contribution in [3.8, 4) is 0 Å². The molecule has 24 heavy (non-hydrogen) atoms. The molecule has 0 amide bonds. The number of allylic oxidation sites excluding steroid dienone is 1. The van der Waals surface area contributed by atoms with Gasteiger partial charge in [0.05, 0.1) is 0 Å². The van der Waals surface area contributed by atoms with E-state index in [-0.39, 0.29) is 0 Å². The van der Waals surface area contributed by atoms with Gasteiger partial charge in [0.2, 0.25) is 0 Å². The first-order valence-corrected chi connectivity index (χ1v) is 9.96. The van der Waals surface area contributed by atoms with Crippen molar-refractivity contribution in [3.63, 3.8) is 0 Å². The molecule has 0 aromatic heterocycles. The number of nitrogens with zero attached hydrogens (tertiary/aromatic N) is 1. The van der Waals surface area contributed by atoms with E-state index in [1.165, 1.54) is 50.5 Å². The molecule has 0 bridgehead atoms. The fourth-order valence-electron chi connectivity index (χ4n) is 3.90. The van der Waals surface area contributed by atoms with E-state index in [1.807, 2.05) is 0 Å². The van der Waals surface area contributed by atoms with Crippen LogP contribution in [0.4, 0.5) is 0 Å². The van der Waals surface area contributed by atoms with E-state index in [2.05, 4.69) is 52.7 Å². The fraction of sp³-hybridized carbons (Fsp3) is 0.571. The zero-order valence-electron chi connectivity index (χ0n) is 14.6. The topological polar surface area (TPSA) is 15.3 Å². The number of hydrogen-bond donors (Lipinski definition) is 1. The molecule has 0 heterocycles. The van der Waals surface area contributed by atoms with Crippen molar-refractivity contribution in [1.29, 1.82) is 0 Å². The van der Waals surface area contributed by atoms with Crippen LogP contribution in [0.5, 0.6) is 0 Å². The molecule has 3 heteroatoms. The summed E-state index contributed by atoms with van der Waals surface area (Å²) < 4.78 is 0. The molecule has 3 rings (SSSR count). The molecular weight excluding hydrogens is 312 g/mol. The summed E-state index contributed by atoms with van der Waals surface area (Å²) in [5.41, 5.74) is 1.35. The molecule has 1 atom stereocenters. The lowest BCUT2D eigenvalue weighted by atomic mass is 9.89. The van der Waals surface area contributed by atoms with Gasteiger partial charge in [-0.2, -0.15) is 0 Å². The lowest BCUT2D eigenvalue weighted by Crippen LogP contribution is -2.46. The smallest absolute Gasteiger partial charge is 0.169 e. The summed E-state index contributed by atoms with van der Waals surface area (Å²) in [6.07, 6.45) is 14.9. The third-order valence-electron chi connectivity index (χ3n) is 5.30. The Morgan fingerprint density at radius 3 is 2.54 bits per heavy atom. The zero-order chi connectivity index (χ0) is 16.6. The molecule has 1 fully saturated rings. The van der Waals surface area contributed by atoms with Crippen molar-refractivity contribution in [2.24, 2.45) is 5.92 Å². The molecule has 0 aliphatic heterocycles. The van der Waals surface area contributed by atoms with E-state index in [4.69, 9.17) is 12.2 Å². The third kappa shape index (κ3) is 5.34. The number of nitrogens with one attached hydrogen (secondary N) is 1. The Morgan fingerprint density at radius 1 is 1.04 bits per heavy atom. The van der Waals surface area contributed by atoms with Crippen molar-refractivity contribution in [2.75, 3.05) is 6.54 Å².